The molecule has 3 atom stereocenters. The maximum atomic E-state index is 11.4. The van der Waals surface area contributed by atoms with E-state index in [1.165, 1.54) is 13.3 Å². The number of benzene rings is 1. The minimum atomic E-state index is -0.0965. The average Bonchev–Trinajstić information content (AvgIpc) is 2.54. The molecule has 1 aromatic carbocycles. The third kappa shape index (κ3) is 3.15. The summed E-state index contributed by atoms with van der Waals surface area (Å²) in [6.07, 6.45) is 2.78. The first-order valence-electron chi connectivity index (χ1n) is 8.73. The number of anilines is 1. The summed E-state index contributed by atoms with van der Waals surface area (Å²) in [6, 6.07) is 6.39. The zero-order valence-electron chi connectivity index (χ0n) is 15.0. The van der Waals surface area contributed by atoms with Gasteiger partial charge in [-0.3, -0.25) is 4.79 Å². The lowest BCUT2D eigenvalue weighted by molar-refractivity contribution is -0.192. The van der Waals surface area contributed by atoms with Gasteiger partial charge in [-0.25, -0.2) is 0 Å². The molecular weight excluding hydrogens is 304 g/mol. The predicted molar refractivity (Wildman–Crippen MR) is 94.2 cm³/mol. The molecule has 1 saturated heterocycles. The lowest BCUT2D eigenvalue weighted by atomic mass is 9.55. The van der Waals surface area contributed by atoms with Crippen molar-refractivity contribution in [2.75, 3.05) is 19.0 Å². The van der Waals surface area contributed by atoms with Gasteiger partial charge in [0.25, 0.3) is 0 Å². The number of rotatable bonds is 5. The Bertz CT molecular complexity index is 615. The van der Waals surface area contributed by atoms with E-state index in [-0.39, 0.29) is 11.3 Å². The van der Waals surface area contributed by atoms with Crippen LogP contribution in [0.4, 0.5) is 5.69 Å². The second-order valence-electron chi connectivity index (χ2n) is 7.49. The fourth-order valence-electron chi connectivity index (χ4n) is 4.32. The molecule has 0 bridgehead atoms. The summed E-state index contributed by atoms with van der Waals surface area (Å²) in [4.78, 5) is 11.4. The fourth-order valence-corrected chi connectivity index (χ4v) is 4.32. The van der Waals surface area contributed by atoms with Gasteiger partial charge in [0.2, 0.25) is 5.91 Å². The van der Waals surface area contributed by atoms with Crippen LogP contribution in [0.25, 0.3) is 0 Å². The molecule has 0 radical (unpaired) electrons. The van der Waals surface area contributed by atoms with Crippen molar-refractivity contribution in [3.63, 3.8) is 0 Å². The molecule has 1 amide bonds. The van der Waals surface area contributed by atoms with E-state index in [9.17, 15) is 4.79 Å². The van der Waals surface area contributed by atoms with Gasteiger partial charge in [-0.2, -0.15) is 0 Å². The van der Waals surface area contributed by atoms with Gasteiger partial charge < -0.3 is 20.1 Å². The SMILES string of the molecule is COc1ccc(CN[C@@H]2[C@@H]3CCCO[C@H]3C2(C)C)cc1NC(C)=O. The highest BCUT2D eigenvalue weighted by Crippen LogP contribution is 2.51. The number of nitrogens with one attached hydrogen (secondary N) is 2. The van der Waals surface area contributed by atoms with E-state index < -0.39 is 0 Å². The van der Waals surface area contributed by atoms with Gasteiger partial charge in [-0.05, 0) is 30.5 Å². The molecule has 132 valence electrons. The number of fused-ring (bicyclic) bond motifs is 1. The zero-order chi connectivity index (χ0) is 17.3. The molecule has 1 heterocycles. The Hall–Kier alpha value is -1.59. The van der Waals surface area contributed by atoms with Gasteiger partial charge in [0, 0.05) is 37.5 Å². The molecule has 24 heavy (non-hydrogen) atoms. The molecule has 5 nitrogen and oxygen atoms in total. The molecule has 1 aliphatic carbocycles. The Morgan fingerprint density at radius 2 is 2.21 bits per heavy atom. The normalized spacial score (nSPS) is 27.8. The van der Waals surface area contributed by atoms with Crippen LogP contribution in [0.1, 0.15) is 39.2 Å². The quantitative estimate of drug-likeness (QED) is 0.870. The van der Waals surface area contributed by atoms with Crippen molar-refractivity contribution in [3.8, 4) is 5.75 Å². The Kier molecular flexibility index (Phi) is 4.83. The summed E-state index contributed by atoms with van der Waals surface area (Å²) in [6.45, 7) is 7.75. The van der Waals surface area contributed by atoms with Crippen LogP contribution in [-0.4, -0.2) is 31.8 Å². The van der Waals surface area contributed by atoms with Crippen LogP contribution in [0.5, 0.6) is 5.75 Å². The van der Waals surface area contributed by atoms with Crippen molar-refractivity contribution < 1.29 is 14.3 Å². The second-order valence-corrected chi connectivity index (χ2v) is 7.49. The van der Waals surface area contributed by atoms with E-state index in [1.807, 2.05) is 18.2 Å². The molecular formula is C19H28N2O3. The Morgan fingerprint density at radius 1 is 1.42 bits per heavy atom. The number of methoxy groups -OCH3 is 1. The molecule has 2 fully saturated rings. The lowest BCUT2D eigenvalue weighted by Gasteiger charge is -2.60. The van der Waals surface area contributed by atoms with Crippen LogP contribution in [0, 0.1) is 11.3 Å². The molecule has 2 aliphatic rings. The molecule has 2 N–H and O–H groups in total. The lowest BCUT2D eigenvalue weighted by Crippen LogP contribution is -2.69. The van der Waals surface area contributed by atoms with Crippen molar-refractivity contribution in [3.05, 3.63) is 23.8 Å². The van der Waals surface area contributed by atoms with Gasteiger partial charge >= 0.3 is 0 Å². The number of carbonyl (C=O) groups excluding carboxylic acids is 1. The molecule has 5 heteroatoms. The van der Waals surface area contributed by atoms with E-state index in [0.717, 1.165) is 30.8 Å². The average molecular weight is 332 g/mol. The van der Waals surface area contributed by atoms with E-state index >= 15 is 0 Å². The van der Waals surface area contributed by atoms with E-state index in [2.05, 4.69) is 24.5 Å². The van der Waals surface area contributed by atoms with E-state index in [1.54, 1.807) is 7.11 Å². The van der Waals surface area contributed by atoms with Gasteiger partial charge in [-0.1, -0.05) is 19.9 Å². The highest BCUT2D eigenvalue weighted by Gasteiger charge is 2.57. The first kappa shape index (κ1) is 17.2. The van der Waals surface area contributed by atoms with Crippen LogP contribution >= 0.6 is 0 Å². The highest BCUT2D eigenvalue weighted by molar-refractivity contribution is 5.90. The maximum Gasteiger partial charge on any atom is 0.221 e. The number of carbonyl (C=O) groups is 1. The fraction of sp³-hybridized carbons (Fsp3) is 0.632. The summed E-state index contributed by atoms with van der Waals surface area (Å²) >= 11 is 0. The van der Waals surface area contributed by atoms with Crippen LogP contribution in [-0.2, 0) is 16.1 Å². The standard InChI is InChI=1S/C19H28N2O3/c1-12(22)21-15-10-13(7-8-16(15)23-4)11-20-17-14-6-5-9-24-18(14)19(17,2)3/h7-8,10,14,17-18,20H,5-6,9,11H2,1-4H3,(H,21,22)/t14-,17+,18+/m0/s1. The maximum absolute atomic E-state index is 11.4. The van der Waals surface area contributed by atoms with Gasteiger partial charge in [0.05, 0.1) is 18.9 Å². The highest BCUT2D eigenvalue weighted by atomic mass is 16.5. The minimum Gasteiger partial charge on any atom is -0.495 e. The van der Waals surface area contributed by atoms with Crippen LogP contribution < -0.4 is 15.4 Å². The van der Waals surface area contributed by atoms with Crippen LogP contribution in [0.2, 0.25) is 0 Å². The molecule has 0 aromatic heterocycles. The monoisotopic (exact) mass is 332 g/mol. The summed E-state index contributed by atoms with van der Waals surface area (Å²) in [5, 5.41) is 6.54. The minimum absolute atomic E-state index is 0.0965. The summed E-state index contributed by atoms with van der Waals surface area (Å²) in [5.74, 6) is 1.20. The summed E-state index contributed by atoms with van der Waals surface area (Å²) < 4.78 is 11.3. The number of hydrogen-bond acceptors (Lipinski definition) is 4. The molecule has 3 rings (SSSR count). The number of amides is 1. The van der Waals surface area contributed by atoms with Crippen molar-refractivity contribution in [2.45, 2.75) is 52.3 Å². The summed E-state index contributed by atoms with van der Waals surface area (Å²) in [7, 11) is 1.61. The van der Waals surface area contributed by atoms with Gasteiger partial charge in [-0.15, -0.1) is 0 Å². The second kappa shape index (κ2) is 6.73. The molecule has 0 unspecified atom stereocenters. The van der Waals surface area contributed by atoms with Crippen LogP contribution in [0.15, 0.2) is 18.2 Å². The molecule has 0 spiro atoms. The van der Waals surface area contributed by atoms with Crippen molar-refractivity contribution >= 4 is 11.6 Å². The van der Waals surface area contributed by atoms with Crippen molar-refractivity contribution in [2.24, 2.45) is 11.3 Å². The Balaban J connectivity index is 1.67. The Morgan fingerprint density at radius 3 is 2.92 bits per heavy atom. The predicted octanol–water partition coefficient (Wildman–Crippen LogP) is 2.95. The molecule has 1 aromatic rings. The van der Waals surface area contributed by atoms with Gasteiger partial charge in [0.1, 0.15) is 5.75 Å². The first-order chi connectivity index (χ1) is 11.4. The topological polar surface area (TPSA) is 59.6 Å². The smallest absolute Gasteiger partial charge is 0.221 e. The number of ether oxygens (including phenoxy) is 2. The van der Waals surface area contributed by atoms with E-state index in [4.69, 9.17) is 9.47 Å². The van der Waals surface area contributed by atoms with Crippen molar-refractivity contribution in [1.29, 1.82) is 0 Å². The summed E-state index contributed by atoms with van der Waals surface area (Å²) in [5.41, 5.74) is 2.02. The largest absolute Gasteiger partial charge is 0.495 e. The third-order valence-electron chi connectivity index (χ3n) is 5.43. The molecule has 1 aliphatic heterocycles. The first-order valence-corrected chi connectivity index (χ1v) is 8.73. The Labute approximate surface area is 144 Å². The van der Waals surface area contributed by atoms with E-state index in [0.29, 0.717) is 23.8 Å². The number of hydrogen-bond donors (Lipinski definition) is 2. The van der Waals surface area contributed by atoms with Gasteiger partial charge in [0.15, 0.2) is 0 Å². The molecule has 1 saturated carbocycles. The third-order valence-corrected chi connectivity index (χ3v) is 5.43. The zero-order valence-corrected chi connectivity index (χ0v) is 15.0. The van der Waals surface area contributed by atoms with Crippen molar-refractivity contribution in [1.82, 2.24) is 5.32 Å². The van der Waals surface area contributed by atoms with Crippen LogP contribution in [0.3, 0.4) is 0 Å².